The standard InChI is InChI=1S/C22H16FNO2S3/c1-29(25,26)19-13-9-15(10-14-19)20-21(16-7-11-17(23)12-8-16)28-22(24-20)27-18-5-3-2-4-6-18/h2-14H,1H3. The molecule has 29 heavy (non-hydrogen) atoms. The fourth-order valence-corrected chi connectivity index (χ4v) is 5.58. The van der Waals surface area contributed by atoms with Gasteiger partial charge >= 0.3 is 0 Å². The SMILES string of the molecule is CS(=O)(=O)c1ccc(-c2nc(Sc3ccccc3)sc2-c2ccc(F)cc2)cc1. The minimum Gasteiger partial charge on any atom is -0.229 e. The Kier molecular flexibility index (Phi) is 5.54. The molecule has 1 heterocycles. The molecule has 0 saturated heterocycles. The Balaban J connectivity index is 1.79. The van der Waals surface area contributed by atoms with E-state index in [2.05, 4.69) is 0 Å². The molecule has 3 nitrogen and oxygen atoms in total. The van der Waals surface area contributed by atoms with Crippen molar-refractivity contribution in [2.45, 2.75) is 14.1 Å². The summed E-state index contributed by atoms with van der Waals surface area (Å²) in [5.41, 5.74) is 2.43. The molecular formula is C22H16FNO2S3. The van der Waals surface area contributed by atoms with E-state index in [0.717, 1.165) is 30.9 Å². The van der Waals surface area contributed by atoms with Crippen molar-refractivity contribution in [2.24, 2.45) is 0 Å². The molecule has 0 bridgehead atoms. The van der Waals surface area contributed by atoms with Crippen molar-refractivity contribution >= 4 is 32.9 Å². The third-order valence-corrected chi connectivity index (χ3v) is 7.52. The Bertz CT molecular complexity index is 1230. The monoisotopic (exact) mass is 441 g/mol. The molecule has 0 aliphatic heterocycles. The van der Waals surface area contributed by atoms with Gasteiger partial charge in [0.1, 0.15) is 5.82 Å². The average molecular weight is 442 g/mol. The highest BCUT2D eigenvalue weighted by Crippen LogP contribution is 2.42. The normalized spacial score (nSPS) is 11.5. The molecular weight excluding hydrogens is 425 g/mol. The summed E-state index contributed by atoms with van der Waals surface area (Å²) < 4.78 is 37.8. The first-order valence-corrected chi connectivity index (χ1v) is 12.2. The third kappa shape index (κ3) is 4.58. The molecule has 0 aliphatic rings. The van der Waals surface area contributed by atoms with E-state index in [0.29, 0.717) is 0 Å². The van der Waals surface area contributed by atoms with Gasteiger partial charge in [-0.2, -0.15) is 0 Å². The van der Waals surface area contributed by atoms with Crippen LogP contribution >= 0.6 is 23.1 Å². The number of hydrogen-bond donors (Lipinski definition) is 0. The molecule has 0 N–H and O–H groups in total. The van der Waals surface area contributed by atoms with Crippen LogP contribution in [0.4, 0.5) is 4.39 Å². The van der Waals surface area contributed by atoms with Gasteiger partial charge in [0.15, 0.2) is 14.2 Å². The molecule has 7 heteroatoms. The molecule has 4 rings (SSSR count). The molecule has 0 atom stereocenters. The zero-order chi connectivity index (χ0) is 20.4. The molecule has 4 aromatic rings. The maximum atomic E-state index is 13.4. The van der Waals surface area contributed by atoms with E-state index in [9.17, 15) is 12.8 Å². The summed E-state index contributed by atoms with van der Waals surface area (Å²) in [4.78, 5) is 7.05. The fourth-order valence-electron chi connectivity index (χ4n) is 2.79. The number of benzene rings is 3. The summed E-state index contributed by atoms with van der Waals surface area (Å²) in [6.07, 6.45) is 1.18. The fraction of sp³-hybridized carbons (Fsp3) is 0.0455. The number of sulfone groups is 1. The van der Waals surface area contributed by atoms with Crippen molar-refractivity contribution in [3.05, 3.63) is 84.7 Å². The smallest absolute Gasteiger partial charge is 0.175 e. The van der Waals surface area contributed by atoms with Crippen LogP contribution in [0.2, 0.25) is 0 Å². The second kappa shape index (κ2) is 8.10. The lowest BCUT2D eigenvalue weighted by molar-refractivity contribution is 0.602. The molecule has 0 unspecified atom stereocenters. The van der Waals surface area contributed by atoms with Crippen molar-refractivity contribution in [1.29, 1.82) is 0 Å². The molecule has 0 spiro atoms. The number of halogens is 1. The van der Waals surface area contributed by atoms with Crippen molar-refractivity contribution < 1.29 is 12.8 Å². The molecule has 1 aromatic heterocycles. The lowest BCUT2D eigenvalue weighted by atomic mass is 10.1. The highest BCUT2D eigenvalue weighted by atomic mass is 32.2. The number of aromatic nitrogens is 1. The van der Waals surface area contributed by atoms with Crippen LogP contribution in [0.3, 0.4) is 0 Å². The summed E-state index contributed by atoms with van der Waals surface area (Å²) in [5.74, 6) is -0.295. The summed E-state index contributed by atoms with van der Waals surface area (Å²) in [7, 11) is -3.27. The molecule has 3 aromatic carbocycles. The lowest BCUT2D eigenvalue weighted by Gasteiger charge is -2.04. The second-order valence-corrected chi connectivity index (χ2v) is 10.7. The Morgan fingerprint density at radius 2 is 1.48 bits per heavy atom. The Morgan fingerprint density at radius 3 is 2.10 bits per heavy atom. The summed E-state index contributed by atoms with van der Waals surface area (Å²) >= 11 is 3.09. The van der Waals surface area contributed by atoms with E-state index < -0.39 is 9.84 Å². The van der Waals surface area contributed by atoms with Crippen LogP contribution in [0, 0.1) is 5.82 Å². The number of hydrogen-bond acceptors (Lipinski definition) is 5. The van der Waals surface area contributed by atoms with Crippen LogP contribution in [-0.4, -0.2) is 19.7 Å². The zero-order valence-electron chi connectivity index (χ0n) is 15.4. The lowest BCUT2D eigenvalue weighted by Crippen LogP contribution is -1.96. The quantitative estimate of drug-likeness (QED) is 0.371. The first-order valence-electron chi connectivity index (χ1n) is 8.70. The van der Waals surface area contributed by atoms with Crippen LogP contribution in [-0.2, 0) is 9.84 Å². The largest absolute Gasteiger partial charge is 0.229 e. The highest BCUT2D eigenvalue weighted by molar-refractivity contribution is 8.01. The third-order valence-electron chi connectivity index (χ3n) is 4.22. The summed E-state index contributed by atoms with van der Waals surface area (Å²) in [6, 6.07) is 23.0. The van der Waals surface area contributed by atoms with Crippen molar-refractivity contribution in [2.75, 3.05) is 6.26 Å². The molecule has 0 amide bonds. The number of thiazole rings is 1. The maximum absolute atomic E-state index is 13.4. The van der Waals surface area contributed by atoms with Crippen molar-refractivity contribution in [3.8, 4) is 21.7 Å². The van der Waals surface area contributed by atoms with Crippen LogP contribution < -0.4 is 0 Å². The van der Waals surface area contributed by atoms with E-state index in [4.69, 9.17) is 4.98 Å². The van der Waals surface area contributed by atoms with Gasteiger partial charge in [0.05, 0.1) is 15.5 Å². The predicted octanol–water partition coefficient (Wildman–Crippen LogP) is 6.17. The minimum atomic E-state index is -3.27. The van der Waals surface area contributed by atoms with Gasteiger partial charge in [-0.15, -0.1) is 11.3 Å². The van der Waals surface area contributed by atoms with E-state index in [1.165, 1.54) is 29.7 Å². The molecule has 0 aliphatic carbocycles. The average Bonchev–Trinajstić information content (AvgIpc) is 3.12. The predicted molar refractivity (Wildman–Crippen MR) is 117 cm³/mol. The van der Waals surface area contributed by atoms with E-state index >= 15 is 0 Å². The molecule has 0 saturated carbocycles. The van der Waals surface area contributed by atoms with Gasteiger partial charge < -0.3 is 0 Å². The van der Waals surface area contributed by atoms with Gasteiger partial charge in [-0.1, -0.05) is 54.2 Å². The minimum absolute atomic E-state index is 0.263. The van der Waals surface area contributed by atoms with Crippen LogP contribution in [0.25, 0.3) is 21.7 Å². The van der Waals surface area contributed by atoms with Gasteiger partial charge in [-0.25, -0.2) is 17.8 Å². The Hall–Kier alpha value is -2.48. The number of rotatable bonds is 5. The number of nitrogens with zero attached hydrogens (tertiary/aromatic N) is 1. The van der Waals surface area contributed by atoms with Crippen LogP contribution in [0.5, 0.6) is 0 Å². The van der Waals surface area contributed by atoms with Crippen LogP contribution in [0.15, 0.2) is 93.0 Å². The van der Waals surface area contributed by atoms with E-state index in [1.54, 1.807) is 48.2 Å². The van der Waals surface area contributed by atoms with Gasteiger partial charge in [0.2, 0.25) is 0 Å². The zero-order valence-corrected chi connectivity index (χ0v) is 17.8. The van der Waals surface area contributed by atoms with Crippen molar-refractivity contribution in [1.82, 2.24) is 4.98 Å². The maximum Gasteiger partial charge on any atom is 0.175 e. The van der Waals surface area contributed by atoms with Crippen LogP contribution in [0.1, 0.15) is 0 Å². The van der Waals surface area contributed by atoms with Gasteiger partial charge in [0, 0.05) is 16.7 Å². The summed E-state index contributed by atoms with van der Waals surface area (Å²) in [6.45, 7) is 0. The first-order chi connectivity index (χ1) is 13.9. The Morgan fingerprint density at radius 1 is 0.862 bits per heavy atom. The van der Waals surface area contributed by atoms with E-state index in [1.807, 2.05) is 30.3 Å². The van der Waals surface area contributed by atoms with E-state index in [-0.39, 0.29) is 10.7 Å². The molecule has 0 fully saturated rings. The first kappa shape index (κ1) is 19.8. The second-order valence-electron chi connectivity index (χ2n) is 6.38. The Labute approximate surface area is 177 Å². The van der Waals surface area contributed by atoms with Crippen molar-refractivity contribution in [3.63, 3.8) is 0 Å². The van der Waals surface area contributed by atoms with Gasteiger partial charge in [-0.05, 0) is 42.0 Å². The topological polar surface area (TPSA) is 47.0 Å². The summed E-state index contributed by atoms with van der Waals surface area (Å²) in [5, 5.41) is 0. The highest BCUT2D eigenvalue weighted by Gasteiger charge is 2.17. The molecule has 0 radical (unpaired) electrons. The van der Waals surface area contributed by atoms with Gasteiger partial charge in [0.25, 0.3) is 0 Å². The van der Waals surface area contributed by atoms with Gasteiger partial charge in [-0.3, -0.25) is 0 Å². The molecule has 146 valence electrons.